The fraction of sp³-hybridized carbons (Fsp3) is 0.400. The van der Waals surface area contributed by atoms with Crippen molar-refractivity contribution in [2.75, 3.05) is 13.2 Å². The second kappa shape index (κ2) is 6.38. The third-order valence-corrected chi connectivity index (χ3v) is 1.93. The molecule has 0 aromatic carbocycles. The molecule has 0 aliphatic heterocycles. The third kappa shape index (κ3) is 4.24. The molecule has 18 heavy (non-hydrogen) atoms. The quantitative estimate of drug-likeness (QED) is 0.604. The Bertz CT molecular complexity index is 545. The van der Waals surface area contributed by atoms with Crippen LogP contribution in [0.3, 0.4) is 0 Å². The maximum absolute atomic E-state index is 11.4. The van der Waals surface area contributed by atoms with Gasteiger partial charge in [0.1, 0.15) is 13.1 Å². The van der Waals surface area contributed by atoms with Gasteiger partial charge in [0.2, 0.25) is 5.91 Å². The van der Waals surface area contributed by atoms with Crippen molar-refractivity contribution in [2.24, 2.45) is 0 Å². The summed E-state index contributed by atoms with van der Waals surface area (Å²) >= 11 is 0. The molecular weight excluding hydrogens is 242 g/mol. The highest BCUT2D eigenvalue weighted by molar-refractivity contribution is 5.81. The molecule has 8 heteroatoms. The lowest BCUT2D eigenvalue weighted by molar-refractivity contribution is -0.143. The van der Waals surface area contributed by atoms with Crippen molar-refractivity contribution in [1.82, 2.24) is 15.1 Å². The molecule has 0 saturated heterocycles. The van der Waals surface area contributed by atoms with E-state index in [0.29, 0.717) is 0 Å². The first-order valence-corrected chi connectivity index (χ1v) is 5.25. The molecule has 1 heterocycles. The Hall–Kier alpha value is -2.38. The van der Waals surface area contributed by atoms with E-state index < -0.39 is 23.0 Å². The summed E-state index contributed by atoms with van der Waals surface area (Å²) in [5.74, 6) is -1.15. The summed E-state index contributed by atoms with van der Waals surface area (Å²) < 4.78 is 5.46. The number of nitrogens with one attached hydrogen (secondary N) is 2. The second-order valence-electron chi connectivity index (χ2n) is 3.32. The molecule has 1 amide bonds. The molecule has 0 saturated carbocycles. The Morgan fingerprint density at radius 3 is 2.78 bits per heavy atom. The van der Waals surface area contributed by atoms with E-state index in [1.807, 2.05) is 0 Å². The minimum atomic E-state index is -0.577. The first kappa shape index (κ1) is 13.7. The van der Waals surface area contributed by atoms with Crippen LogP contribution in [0.25, 0.3) is 0 Å². The van der Waals surface area contributed by atoms with Gasteiger partial charge < -0.3 is 10.1 Å². The number of aromatic amines is 1. The minimum absolute atomic E-state index is 0.222. The number of hydrogen-bond acceptors (Lipinski definition) is 5. The standard InChI is InChI=1S/C10H13N3O5/c1-2-18-10(17)5-11-8(15)6-13-9(16)4-3-7(14)12-13/h3-4H,2,5-6H2,1H3,(H,11,15)(H,12,14). The monoisotopic (exact) mass is 255 g/mol. The van der Waals surface area contributed by atoms with Crippen LogP contribution < -0.4 is 16.4 Å². The number of H-pyrrole nitrogens is 1. The van der Waals surface area contributed by atoms with Crippen LogP contribution in [0.1, 0.15) is 6.92 Å². The van der Waals surface area contributed by atoms with E-state index in [9.17, 15) is 19.2 Å². The predicted octanol–water partition coefficient (Wildman–Crippen LogP) is -1.78. The molecule has 0 aliphatic rings. The summed E-state index contributed by atoms with van der Waals surface area (Å²) in [6, 6.07) is 2.12. The van der Waals surface area contributed by atoms with Crippen LogP contribution in [0.2, 0.25) is 0 Å². The summed E-state index contributed by atoms with van der Waals surface area (Å²) in [6.45, 7) is 1.22. The number of amides is 1. The first-order valence-electron chi connectivity index (χ1n) is 5.25. The van der Waals surface area contributed by atoms with Crippen molar-refractivity contribution < 1.29 is 14.3 Å². The number of carbonyl (C=O) groups excluding carboxylic acids is 2. The van der Waals surface area contributed by atoms with Gasteiger partial charge in [-0.25, -0.2) is 4.68 Å². The Balaban J connectivity index is 2.55. The smallest absolute Gasteiger partial charge is 0.325 e. The van der Waals surface area contributed by atoms with Crippen LogP contribution in [0.4, 0.5) is 0 Å². The highest BCUT2D eigenvalue weighted by Crippen LogP contribution is 1.78. The fourth-order valence-corrected chi connectivity index (χ4v) is 1.16. The molecular formula is C10H13N3O5. The highest BCUT2D eigenvalue weighted by Gasteiger charge is 2.07. The number of ether oxygens (including phenoxy) is 1. The second-order valence-corrected chi connectivity index (χ2v) is 3.32. The molecule has 1 aromatic rings. The molecule has 0 bridgehead atoms. The van der Waals surface area contributed by atoms with E-state index in [1.165, 1.54) is 0 Å². The SMILES string of the molecule is CCOC(=O)CNC(=O)Cn1[nH]c(=O)ccc1=O. The van der Waals surface area contributed by atoms with E-state index in [4.69, 9.17) is 0 Å². The molecule has 1 rings (SSSR count). The van der Waals surface area contributed by atoms with E-state index in [1.54, 1.807) is 6.92 Å². The molecule has 2 N–H and O–H groups in total. The number of esters is 1. The summed E-state index contributed by atoms with van der Waals surface area (Å²) in [5.41, 5.74) is -1.01. The van der Waals surface area contributed by atoms with Crippen molar-refractivity contribution in [3.63, 3.8) is 0 Å². The van der Waals surface area contributed by atoms with Gasteiger partial charge in [-0.05, 0) is 6.92 Å². The predicted molar refractivity (Wildman–Crippen MR) is 61.0 cm³/mol. The number of nitrogens with zero attached hydrogens (tertiary/aromatic N) is 1. The van der Waals surface area contributed by atoms with E-state index in [0.717, 1.165) is 16.8 Å². The van der Waals surface area contributed by atoms with Crippen molar-refractivity contribution in [2.45, 2.75) is 13.5 Å². The van der Waals surface area contributed by atoms with Crippen LogP contribution in [0, 0.1) is 0 Å². The Morgan fingerprint density at radius 1 is 1.39 bits per heavy atom. The molecule has 0 fully saturated rings. The van der Waals surface area contributed by atoms with E-state index >= 15 is 0 Å². The van der Waals surface area contributed by atoms with Gasteiger partial charge in [-0.15, -0.1) is 0 Å². The molecule has 1 aromatic heterocycles. The summed E-state index contributed by atoms with van der Waals surface area (Å²) in [5, 5.41) is 4.46. The van der Waals surface area contributed by atoms with Crippen LogP contribution in [0.15, 0.2) is 21.7 Å². The molecule has 8 nitrogen and oxygen atoms in total. The summed E-state index contributed by atoms with van der Waals surface area (Å²) in [7, 11) is 0. The van der Waals surface area contributed by atoms with Gasteiger partial charge in [-0.3, -0.25) is 24.3 Å². The molecule has 0 atom stereocenters. The maximum atomic E-state index is 11.4. The van der Waals surface area contributed by atoms with Gasteiger partial charge in [0, 0.05) is 12.1 Å². The zero-order valence-electron chi connectivity index (χ0n) is 9.76. The average molecular weight is 255 g/mol. The van der Waals surface area contributed by atoms with Crippen molar-refractivity contribution >= 4 is 11.9 Å². The van der Waals surface area contributed by atoms with Crippen LogP contribution in [0.5, 0.6) is 0 Å². The number of rotatable bonds is 5. The highest BCUT2D eigenvalue weighted by atomic mass is 16.5. The lowest BCUT2D eigenvalue weighted by atomic mass is 10.5. The van der Waals surface area contributed by atoms with Crippen LogP contribution in [-0.4, -0.2) is 34.8 Å². The summed E-state index contributed by atoms with van der Waals surface area (Å²) in [6.07, 6.45) is 0. The Labute approximate surface area is 102 Å². The Kier molecular flexibility index (Phi) is 4.85. The molecule has 0 spiro atoms. The van der Waals surface area contributed by atoms with Crippen LogP contribution >= 0.6 is 0 Å². The van der Waals surface area contributed by atoms with Gasteiger partial charge in [-0.2, -0.15) is 0 Å². The van der Waals surface area contributed by atoms with Crippen molar-refractivity contribution in [1.29, 1.82) is 0 Å². The van der Waals surface area contributed by atoms with Gasteiger partial charge >= 0.3 is 5.97 Å². The number of aromatic nitrogens is 2. The number of hydrogen-bond donors (Lipinski definition) is 2. The molecule has 0 unspecified atom stereocenters. The molecule has 98 valence electrons. The molecule has 0 aliphatic carbocycles. The zero-order chi connectivity index (χ0) is 13.5. The van der Waals surface area contributed by atoms with Crippen molar-refractivity contribution in [3.8, 4) is 0 Å². The largest absolute Gasteiger partial charge is 0.465 e. The topological polar surface area (TPSA) is 110 Å². The van der Waals surface area contributed by atoms with Gasteiger partial charge in [0.25, 0.3) is 11.1 Å². The van der Waals surface area contributed by atoms with Gasteiger partial charge in [-0.1, -0.05) is 0 Å². The van der Waals surface area contributed by atoms with Crippen molar-refractivity contribution in [3.05, 3.63) is 32.8 Å². The van der Waals surface area contributed by atoms with E-state index in [-0.39, 0.29) is 19.7 Å². The van der Waals surface area contributed by atoms with E-state index in [2.05, 4.69) is 15.2 Å². The first-order chi connectivity index (χ1) is 8.52. The number of carbonyl (C=O) groups is 2. The average Bonchev–Trinajstić information content (AvgIpc) is 2.32. The van der Waals surface area contributed by atoms with Gasteiger partial charge in [0.05, 0.1) is 6.61 Å². The summed E-state index contributed by atoms with van der Waals surface area (Å²) in [4.78, 5) is 44.6. The van der Waals surface area contributed by atoms with Gasteiger partial charge in [0.15, 0.2) is 0 Å². The lowest BCUT2D eigenvalue weighted by Gasteiger charge is -2.06. The Morgan fingerprint density at radius 2 is 2.11 bits per heavy atom. The normalized spacial score (nSPS) is 9.83. The maximum Gasteiger partial charge on any atom is 0.325 e. The fourth-order valence-electron chi connectivity index (χ4n) is 1.16. The third-order valence-electron chi connectivity index (χ3n) is 1.93. The minimum Gasteiger partial charge on any atom is -0.465 e. The molecule has 0 radical (unpaired) electrons. The lowest BCUT2D eigenvalue weighted by Crippen LogP contribution is -2.38. The zero-order valence-corrected chi connectivity index (χ0v) is 9.76. The van der Waals surface area contributed by atoms with Crippen LogP contribution in [-0.2, 0) is 20.9 Å².